The maximum absolute atomic E-state index is 9.73. The van der Waals surface area contributed by atoms with Gasteiger partial charge in [0.15, 0.2) is 0 Å². The van der Waals surface area contributed by atoms with Gasteiger partial charge < -0.3 is 4.42 Å². The minimum Gasteiger partial charge on any atom is -0.456 e. The third-order valence-electron chi connectivity index (χ3n) is 7.78. The summed E-state index contributed by atoms with van der Waals surface area (Å²) in [5, 5.41) is 1.86. The largest absolute Gasteiger partial charge is 0.456 e. The van der Waals surface area contributed by atoms with Crippen LogP contribution in [0.4, 0.5) is 0 Å². The summed E-state index contributed by atoms with van der Waals surface area (Å²) in [7, 11) is 0. The van der Waals surface area contributed by atoms with E-state index in [0.717, 1.165) is 0 Å². The second-order valence-electron chi connectivity index (χ2n) is 10.1. The van der Waals surface area contributed by atoms with E-state index in [1.54, 1.807) is 30.3 Å². The van der Waals surface area contributed by atoms with Gasteiger partial charge in [0.25, 0.3) is 0 Å². The maximum atomic E-state index is 9.73. The molecule has 0 fully saturated rings. The minimum atomic E-state index is -0.583. The molecular weight excluding hydrogens is 520 g/mol. The summed E-state index contributed by atoms with van der Waals surface area (Å²) in [6.45, 7) is 0. The number of hydrogen-bond donors (Lipinski definition) is 0. The molecule has 0 unspecified atom stereocenters. The van der Waals surface area contributed by atoms with Crippen molar-refractivity contribution in [1.29, 1.82) is 0 Å². The standard InChI is InChI=1S/C42H26O/c1-2-12-27(13-3-1)31-16-6-7-17-32(31)42-35-20-10-8-18-33(35)41(34-19-9-11-21-36(34)42)30-22-23-39-37(25-30)38-24-28-14-4-5-15-29(28)26-40(38)43-39/h1-26H/i1D,2D,3D,4D,5D,12D,13D,14D,15D,22D,23D,24D,25D,26D. The molecule has 0 aliphatic heterocycles. The Bertz CT molecular complexity index is 3210. The molecule has 1 heteroatoms. The van der Waals surface area contributed by atoms with Gasteiger partial charge in [0.2, 0.25) is 0 Å². The van der Waals surface area contributed by atoms with E-state index in [4.69, 9.17) is 18.1 Å². The molecule has 0 aliphatic rings. The highest BCUT2D eigenvalue weighted by atomic mass is 16.3. The lowest BCUT2D eigenvalue weighted by Gasteiger charge is -2.19. The summed E-state index contributed by atoms with van der Waals surface area (Å²) in [6, 6.07) is 15.4. The zero-order valence-electron chi connectivity index (χ0n) is 36.3. The Morgan fingerprint density at radius 3 is 1.65 bits per heavy atom. The quantitative estimate of drug-likeness (QED) is 0.196. The highest BCUT2D eigenvalue weighted by Gasteiger charge is 2.19. The summed E-state index contributed by atoms with van der Waals surface area (Å²) in [4.78, 5) is 0. The highest BCUT2D eigenvalue weighted by Crippen LogP contribution is 2.46. The lowest BCUT2D eigenvalue weighted by molar-refractivity contribution is 0.669. The molecule has 1 nitrogen and oxygen atoms in total. The number of benzene rings is 8. The Labute approximate surface area is 268 Å². The first-order valence-corrected chi connectivity index (χ1v) is 13.6. The second kappa shape index (κ2) is 9.44. The zero-order chi connectivity index (χ0) is 40.5. The number of furan rings is 1. The number of fused-ring (bicyclic) bond motifs is 6. The predicted molar refractivity (Wildman–Crippen MR) is 183 cm³/mol. The van der Waals surface area contributed by atoms with Gasteiger partial charge in [-0.15, -0.1) is 0 Å². The third kappa shape index (κ3) is 3.72. The van der Waals surface area contributed by atoms with Gasteiger partial charge in [0.05, 0.1) is 19.2 Å². The topological polar surface area (TPSA) is 13.1 Å². The summed E-state index contributed by atoms with van der Waals surface area (Å²) < 4.78 is 129. The molecule has 8 aromatic carbocycles. The molecule has 0 atom stereocenters. The molecule has 0 spiro atoms. The first kappa shape index (κ1) is 14.0. The fourth-order valence-electron chi connectivity index (χ4n) is 5.98. The van der Waals surface area contributed by atoms with Gasteiger partial charge in [0.1, 0.15) is 11.2 Å². The predicted octanol–water partition coefficient (Wildman–Crippen LogP) is 12.0. The molecule has 0 amide bonds. The summed E-state index contributed by atoms with van der Waals surface area (Å²) in [5.41, 5.74) is 1.67. The van der Waals surface area contributed by atoms with Gasteiger partial charge in [0, 0.05) is 10.8 Å². The van der Waals surface area contributed by atoms with Gasteiger partial charge >= 0.3 is 0 Å². The zero-order valence-corrected chi connectivity index (χ0v) is 22.3. The molecule has 1 heterocycles. The van der Waals surface area contributed by atoms with Crippen LogP contribution in [0.5, 0.6) is 0 Å². The molecule has 0 N–H and O–H groups in total. The summed E-state index contributed by atoms with van der Waals surface area (Å²) in [6.07, 6.45) is 0. The molecule has 1 aromatic heterocycles. The van der Waals surface area contributed by atoms with Gasteiger partial charge in [-0.2, -0.15) is 0 Å². The molecule has 43 heavy (non-hydrogen) atoms. The van der Waals surface area contributed by atoms with Crippen molar-refractivity contribution in [2.75, 3.05) is 0 Å². The van der Waals surface area contributed by atoms with Crippen LogP contribution < -0.4 is 0 Å². The third-order valence-corrected chi connectivity index (χ3v) is 7.78. The van der Waals surface area contributed by atoms with Gasteiger partial charge in [-0.3, -0.25) is 0 Å². The van der Waals surface area contributed by atoms with E-state index >= 15 is 0 Å². The first-order valence-electron chi connectivity index (χ1n) is 20.6. The molecule has 0 bridgehead atoms. The molecular formula is C42H26O. The fourth-order valence-corrected chi connectivity index (χ4v) is 5.98. The van der Waals surface area contributed by atoms with E-state index in [1.807, 2.05) is 42.5 Å². The number of rotatable bonds is 3. The Hall–Kier alpha value is -5.66. The highest BCUT2D eigenvalue weighted by molar-refractivity contribution is 6.23. The van der Waals surface area contributed by atoms with Crippen molar-refractivity contribution in [3.05, 3.63) is 157 Å². The minimum absolute atomic E-state index is 0.0317. The monoisotopic (exact) mass is 560 g/mol. The number of hydrogen-bond acceptors (Lipinski definition) is 1. The van der Waals surface area contributed by atoms with Gasteiger partial charge in [-0.25, -0.2) is 0 Å². The molecule has 0 saturated carbocycles. The smallest absolute Gasteiger partial charge is 0.136 e. The lowest BCUT2D eigenvalue weighted by Crippen LogP contribution is -1.92. The van der Waals surface area contributed by atoms with Crippen molar-refractivity contribution < 1.29 is 23.6 Å². The van der Waals surface area contributed by atoms with E-state index in [-0.39, 0.29) is 68.0 Å². The van der Waals surface area contributed by atoms with Crippen LogP contribution in [0, 0.1) is 0 Å². The van der Waals surface area contributed by atoms with Crippen LogP contribution in [0.2, 0.25) is 0 Å². The summed E-state index contributed by atoms with van der Waals surface area (Å²) in [5.74, 6) is 0. The van der Waals surface area contributed by atoms with Crippen LogP contribution in [0.25, 0.3) is 87.6 Å². The molecule has 0 radical (unpaired) electrons. The van der Waals surface area contributed by atoms with Crippen LogP contribution >= 0.6 is 0 Å². The average molecular weight is 561 g/mol. The van der Waals surface area contributed by atoms with Crippen LogP contribution in [-0.2, 0) is 0 Å². The van der Waals surface area contributed by atoms with Gasteiger partial charge in [-0.1, -0.05) is 133 Å². The maximum Gasteiger partial charge on any atom is 0.136 e. The second-order valence-corrected chi connectivity index (χ2v) is 10.1. The van der Waals surface area contributed by atoms with Crippen LogP contribution in [-0.4, -0.2) is 0 Å². The van der Waals surface area contributed by atoms with Crippen LogP contribution in [0.1, 0.15) is 19.2 Å². The van der Waals surface area contributed by atoms with Crippen LogP contribution in [0.15, 0.2) is 162 Å². The van der Waals surface area contributed by atoms with Crippen molar-refractivity contribution in [3.63, 3.8) is 0 Å². The Balaban J connectivity index is 1.43. The van der Waals surface area contributed by atoms with Crippen molar-refractivity contribution in [2.45, 2.75) is 0 Å². The lowest BCUT2D eigenvalue weighted by atomic mass is 9.83. The molecule has 0 aliphatic carbocycles. The fraction of sp³-hybridized carbons (Fsp3) is 0. The van der Waals surface area contributed by atoms with Crippen molar-refractivity contribution in [1.82, 2.24) is 0 Å². The van der Waals surface area contributed by atoms with E-state index in [0.29, 0.717) is 43.8 Å². The Kier molecular flexibility index (Phi) is 3.07. The Morgan fingerprint density at radius 1 is 0.395 bits per heavy atom. The normalized spacial score (nSPS) is 16.3. The molecule has 200 valence electrons. The van der Waals surface area contributed by atoms with E-state index in [2.05, 4.69) is 0 Å². The van der Waals surface area contributed by atoms with Crippen molar-refractivity contribution >= 4 is 54.3 Å². The molecule has 9 rings (SSSR count). The average Bonchev–Trinajstić information content (AvgIpc) is 3.63. The van der Waals surface area contributed by atoms with Crippen molar-refractivity contribution in [3.8, 4) is 33.4 Å². The summed E-state index contributed by atoms with van der Waals surface area (Å²) >= 11 is 0. The van der Waals surface area contributed by atoms with Crippen LogP contribution in [0.3, 0.4) is 0 Å². The van der Waals surface area contributed by atoms with E-state index in [9.17, 15) is 5.48 Å². The van der Waals surface area contributed by atoms with E-state index < -0.39 is 60.4 Å². The first-order chi connectivity index (χ1) is 27.2. The molecule has 9 aromatic rings. The van der Waals surface area contributed by atoms with Crippen molar-refractivity contribution in [2.24, 2.45) is 0 Å². The van der Waals surface area contributed by atoms with E-state index in [1.165, 1.54) is 0 Å². The molecule has 0 saturated heterocycles. The van der Waals surface area contributed by atoms with Gasteiger partial charge in [-0.05, 0) is 89.9 Å². The Morgan fingerprint density at radius 2 is 0.953 bits per heavy atom. The SMILES string of the molecule is [2H]c1c([2H])c([2H])c(-c2ccccc2-c2c3ccccc3c(-c3c([2H])c([2H])c4oc5c([2H])c6c([2H])c([2H])c([2H])c([2H])c6c([2H])c5c4c3[2H])c3ccccc23)c([2H])c1[2H].